The molecule has 0 saturated carbocycles. The van der Waals surface area contributed by atoms with Crippen molar-refractivity contribution in [1.29, 1.82) is 0 Å². The van der Waals surface area contributed by atoms with E-state index in [1.54, 1.807) is 6.20 Å². The lowest BCUT2D eigenvalue weighted by Crippen LogP contribution is -2.43. The monoisotopic (exact) mass is 426 g/mol. The second-order valence-corrected chi connectivity index (χ2v) is 8.70. The number of morpholine rings is 1. The van der Waals surface area contributed by atoms with Crippen LogP contribution in [0.15, 0.2) is 48.7 Å². The van der Waals surface area contributed by atoms with Gasteiger partial charge in [-0.15, -0.1) is 0 Å². The van der Waals surface area contributed by atoms with Gasteiger partial charge in [-0.05, 0) is 43.3 Å². The fourth-order valence-corrected chi connectivity index (χ4v) is 4.40. The second-order valence-electron chi connectivity index (χ2n) is 8.70. The van der Waals surface area contributed by atoms with Gasteiger partial charge in [-0.1, -0.05) is 18.2 Å². The Morgan fingerprint density at radius 3 is 2.68 bits per heavy atom. The molecule has 0 spiro atoms. The number of rotatable bonds is 9. The number of hydrogen-bond donors (Lipinski definition) is 1. The average molecular weight is 427 g/mol. The van der Waals surface area contributed by atoms with E-state index in [4.69, 9.17) is 9.47 Å². The molecule has 1 N–H and O–H groups in total. The molecule has 4 rings (SSSR count). The van der Waals surface area contributed by atoms with Crippen molar-refractivity contribution in [3.8, 4) is 5.75 Å². The molecule has 2 aliphatic heterocycles. The van der Waals surface area contributed by atoms with Crippen LogP contribution in [0, 0.1) is 0 Å². The lowest BCUT2D eigenvalue weighted by molar-refractivity contribution is 0.0279. The zero-order valence-corrected chi connectivity index (χ0v) is 18.4. The lowest BCUT2D eigenvalue weighted by Gasteiger charge is -2.29. The standard InChI is InChI=1S/C24H34N4O3/c1-26(19-24(29)9-11-28(20-24)23-4-2-3-10-25-23)18-21-5-7-22(8-6-21)31-17-14-27-12-15-30-16-13-27/h2-8,10,29H,9,11-20H2,1H3. The number of hydrogen-bond acceptors (Lipinski definition) is 7. The van der Waals surface area contributed by atoms with Crippen LogP contribution in [0.4, 0.5) is 5.82 Å². The van der Waals surface area contributed by atoms with Crippen LogP contribution in [0.3, 0.4) is 0 Å². The highest BCUT2D eigenvalue weighted by atomic mass is 16.5. The molecule has 3 heterocycles. The van der Waals surface area contributed by atoms with E-state index in [9.17, 15) is 5.11 Å². The molecule has 1 atom stereocenters. The fourth-order valence-electron chi connectivity index (χ4n) is 4.40. The van der Waals surface area contributed by atoms with Crippen LogP contribution in [-0.2, 0) is 11.3 Å². The Hall–Kier alpha value is -2.19. The Bertz CT molecular complexity index is 798. The van der Waals surface area contributed by atoms with Crippen LogP contribution < -0.4 is 9.64 Å². The van der Waals surface area contributed by atoms with E-state index in [0.717, 1.165) is 63.9 Å². The molecule has 2 fully saturated rings. The maximum Gasteiger partial charge on any atom is 0.128 e. The minimum absolute atomic E-state index is 0.615. The molecule has 1 aromatic heterocycles. The van der Waals surface area contributed by atoms with Crippen molar-refractivity contribution in [3.63, 3.8) is 0 Å². The summed E-state index contributed by atoms with van der Waals surface area (Å²) in [5.74, 6) is 1.84. The molecule has 0 aliphatic carbocycles. The number of benzene rings is 1. The molecular weight excluding hydrogens is 392 g/mol. The maximum absolute atomic E-state index is 11.1. The fraction of sp³-hybridized carbons (Fsp3) is 0.542. The van der Waals surface area contributed by atoms with Gasteiger partial charge in [-0.2, -0.15) is 0 Å². The molecule has 1 unspecified atom stereocenters. The van der Waals surface area contributed by atoms with Gasteiger partial charge in [0, 0.05) is 52.0 Å². The summed E-state index contributed by atoms with van der Waals surface area (Å²) in [6.45, 7) is 8.11. The topological polar surface area (TPSA) is 61.3 Å². The highest BCUT2D eigenvalue weighted by Crippen LogP contribution is 2.26. The summed E-state index contributed by atoms with van der Waals surface area (Å²) in [6, 6.07) is 14.2. The number of aliphatic hydroxyl groups is 1. The number of β-amino-alcohol motifs (C(OH)–C–C–N with tert-alkyl or cyclic N) is 1. The first kappa shape index (κ1) is 22.0. The van der Waals surface area contributed by atoms with Crippen LogP contribution in [0.2, 0.25) is 0 Å². The van der Waals surface area contributed by atoms with E-state index in [-0.39, 0.29) is 0 Å². The third-order valence-corrected chi connectivity index (χ3v) is 6.03. The van der Waals surface area contributed by atoms with Gasteiger partial charge in [-0.25, -0.2) is 4.98 Å². The van der Waals surface area contributed by atoms with Crippen LogP contribution in [0.25, 0.3) is 0 Å². The van der Waals surface area contributed by atoms with Crippen LogP contribution in [0.5, 0.6) is 5.75 Å². The smallest absolute Gasteiger partial charge is 0.128 e. The largest absolute Gasteiger partial charge is 0.492 e. The summed E-state index contributed by atoms with van der Waals surface area (Å²) in [7, 11) is 2.06. The molecular formula is C24H34N4O3. The molecule has 1 aromatic carbocycles. The summed E-state index contributed by atoms with van der Waals surface area (Å²) in [6.07, 6.45) is 2.55. The molecule has 0 radical (unpaired) electrons. The Morgan fingerprint density at radius 1 is 1.13 bits per heavy atom. The third kappa shape index (κ3) is 6.40. The number of ether oxygens (including phenoxy) is 2. The minimum atomic E-state index is -0.713. The van der Waals surface area contributed by atoms with Crippen molar-refractivity contribution < 1.29 is 14.6 Å². The molecule has 2 aromatic rings. The van der Waals surface area contributed by atoms with Crippen molar-refractivity contribution >= 4 is 5.82 Å². The van der Waals surface area contributed by atoms with E-state index in [2.05, 4.69) is 38.9 Å². The van der Waals surface area contributed by atoms with Gasteiger partial charge in [0.25, 0.3) is 0 Å². The number of pyridine rings is 1. The van der Waals surface area contributed by atoms with Gasteiger partial charge < -0.3 is 19.5 Å². The van der Waals surface area contributed by atoms with Gasteiger partial charge in [0.05, 0.1) is 18.8 Å². The maximum atomic E-state index is 11.1. The summed E-state index contributed by atoms with van der Waals surface area (Å²) in [5, 5.41) is 11.1. The Balaban J connectivity index is 1.21. The van der Waals surface area contributed by atoms with Crippen LogP contribution in [0.1, 0.15) is 12.0 Å². The van der Waals surface area contributed by atoms with Crippen molar-refractivity contribution in [1.82, 2.24) is 14.8 Å². The molecule has 0 amide bonds. The van der Waals surface area contributed by atoms with Crippen molar-refractivity contribution in [2.45, 2.75) is 18.6 Å². The van der Waals surface area contributed by atoms with Crippen molar-refractivity contribution in [2.24, 2.45) is 0 Å². The molecule has 31 heavy (non-hydrogen) atoms. The highest BCUT2D eigenvalue weighted by molar-refractivity contribution is 5.40. The first-order chi connectivity index (χ1) is 15.1. The molecule has 2 aliphatic rings. The Morgan fingerprint density at radius 2 is 1.94 bits per heavy atom. The van der Waals surface area contributed by atoms with Crippen molar-refractivity contribution in [2.75, 3.05) is 71.0 Å². The zero-order valence-electron chi connectivity index (χ0n) is 18.4. The van der Waals surface area contributed by atoms with Crippen LogP contribution in [-0.4, -0.2) is 91.6 Å². The van der Waals surface area contributed by atoms with Gasteiger partial charge in [0.15, 0.2) is 0 Å². The normalized spacial score (nSPS) is 22.2. The number of aromatic nitrogens is 1. The van der Waals surface area contributed by atoms with E-state index in [1.807, 2.05) is 30.3 Å². The molecule has 7 heteroatoms. The summed E-state index contributed by atoms with van der Waals surface area (Å²) >= 11 is 0. The van der Waals surface area contributed by atoms with E-state index in [1.165, 1.54) is 5.56 Å². The van der Waals surface area contributed by atoms with Gasteiger partial charge in [0.2, 0.25) is 0 Å². The van der Waals surface area contributed by atoms with Gasteiger partial charge >= 0.3 is 0 Å². The number of anilines is 1. The minimum Gasteiger partial charge on any atom is -0.492 e. The summed E-state index contributed by atoms with van der Waals surface area (Å²) in [4.78, 5) is 11.1. The molecule has 0 bridgehead atoms. The Kier molecular flexibility index (Phi) is 7.40. The van der Waals surface area contributed by atoms with E-state index < -0.39 is 5.60 Å². The van der Waals surface area contributed by atoms with E-state index >= 15 is 0 Å². The molecule has 2 saturated heterocycles. The number of nitrogens with zero attached hydrogens (tertiary/aromatic N) is 4. The SMILES string of the molecule is CN(Cc1ccc(OCCN2CCOCC2)cc1)CC1(O)CCN(c2ccccn2)C1. The zero-order chi connectivity index (χ0) is 21.5. The predicted molar refractivity (Wildman–Crippen MR) is 122 cm³/mol. The predicted octanol–water partition coefficient (Wildman–Crippen LogP) is 1.87. The quantitative estimate of drug-likeness (QED) is 0.657. The Labute approximate surface area is 185 Å². The molecule has 7 nitrogen and oxygen atoms in total. The average Bonchev–Trinajstić information content (AvgIpc) is 3.18. The van der Waals surface area contributed by atoms with Gasteiger partial charge in [-0.3, -0.25) is 9.80 Å². The lowest BCUT2D eigenvalue weighted by atomic mass is 10.0. The van der Waals surface area contributed by atoms with E-state index in [0.29, 0.717) is 19.7 Å². The summed E-state index contributed by atoms with van der Waals surface area (Å²) in [5.41, 5.74) is 0.501. The second kappa shape index (κ2) is 10.4. The first-order valence-electron chi connectivity index (χ1n) is 11.2. The highest BCUT2D eigenvalue weighted by Gasteiger charge is 2.37. The molecule has 168 valence electrons. The van der Waals surface area contributed by atoms with Crippen molar-refractivity contribution in [3.05, 3.63) is 54.2 Å². The first-order valence-corrected chi connectivity index (χ1v) is 11.2. The van der Waals surface area contributed by atoms with Crippen LogP contribution >= 0.6 is 0 Å². The number of likely N-dealkylation sites (N-methyl/N-ethyl adjacent to an activating group) is 1. The third-order valence-electron chi connectivity index (χ3n) is 6.03. The van der Waals surface area contributed by atoms with Gasteiger partial charge in [0.1, 0.15) is 18.2 Å². The summed E-state index contributed by atoms with van der Waals surface area (Å²) < 4.78 is 11.3.